The van der Waals surface area contributed by atoms with Gasteiger partial charge in [-0.15, -0.1) is 0 Å². The van der Waals surface area contributed by atoms with Gasteiger partial charge in [0.25, 0.3) is 0 Å². The Morgan fingerprint density at radius 3 is 2.76 bits per heavy atom. The van der Waals surface area contributed by atoms with Gasteiger partial charge in [0.15, 0.2) is 0 Å². The molecule has 0 saturated carbocycles. The lowest BCUT2D eigenvalue weighted by Crippen LogP contribution is -2.48. The zero-order valence-corrected chi connectivity index (χ0v) is 12.2. The molecule has 0 spiro atoms. The standard InChI is InChI=1S/C15H21N5O.H2/c1-11-4-6-12(7-5-11)9-19(10-16)14(17)13-3-2-8-20(13)15(18)21;/h4-7,10,13,16-17H,2-3,8-9H2,1H3,(H2,18,21);1H/t13-;/m1./s1. The second-order valence-electron chi connectivity index (χ2n) is 5.32. The SMILES string of the molecule is Cc1ccc(CN(C=N)C(=N)[C@H]2CCCN2C(N)=O)cc1.[HH]. The smallest absolute Gasteiger partial charge is 0.315 e. The van der Waals surface area contributed by atoms with Gasteiger partial charge in [-0.05, 0) is 25.3 Å². The molecule has 0 unspecified atom stereocenters. The zero-order valence-electron chi connectivity index (χ0n) is 12.2. The fraction of sp³-hybridized carbons (Fsp3) is 0.400. The van der Waals surface area contributed by atoms with Gasteiger partial charge in [-0.1, -0.05) is 29.8 Å². The summed E-state index contributed by atoms with van der Waals surface area (Å²) in [6.07, 6.45) is 2.70. The number of primary amides is 1. The Hall–Kier alpha value is -2.37. The molecule has 4 N–H and O–H groups in total. The summed E-state index contributed by atoms with van der Waals surface area (Å²) < 4.78 is 0. The van der Waals surface area contributed by atoms with Crippen LogP contribution in [0.3, 0.4) is 0 Å². The van der Waals surface area contributed by atoms with Crippen molar-refractivity contribution < 1.29 is 6.22 Å². The fourth-order valence-electron chi connectivity index (χ4n) is 2.60. The Labute approximate surface area is 126 Å². The van der Waals surface area contributed by atoms with Crippen LogP contribution in [-0.2, 0) is 6.54 Å². The highest BCUT2D eigenvalue weighted by Gasteiger charge is 2.32. The number of amides is 2. The van der Waals surface area contributed by atoms with E-state index in [-0.39, 0.29) is 13.3 Å². The Bertz CT molecular complexity index is 545. The first-order chi connectivity index (χ1) is 10.0. The van der Waals surface area contributed by atoms with Gasteiger partial charge < -0.3 is 15.5 Å². The van der Waals surface area contributed by atoms with Crippen LogP contribution in [0, 0.1) is 17.7 Å². The van der Waals surface area contributed by atoms with Gasteiger partial charge in [0, 0.05) is 7.97 Å². The highest BCUT2D eigenvalue weighted by Crippen LogP contribution is 2.19. The summed E-state index contributed by atoms with van der Waals surface area (Å²) in [6, 6.07) is 7.16. The predicted molar refractivity (Wildman–Crippen MR) is 84.7 cm³/mol. The van der Waals surface area contributed by atoms with E-state index in [4.69, 9.17) is 16.6 Å². The molecule has 114 valence electrons. The lowest BCUT2D eigenvalue weighted by atomic mass is 10.1. The third kappa shape index (κ3) is 3.39. The minimum Gasteiger partial charge on any atom is -0.351 e. The number of nitrogens with zero attached hydrogens (tertiary/aromatic N) is 2. The van der Waals surface area contributed by atoms with Crippen molar-refractivity contribution in [1.29, 1.82) is 10.8 Å². The molecule has 1 saturated heterocycles. The molecule has 1 aliphatic rings. The molecule has 1 aromatic rings. The summed E-state index contributed by atoms with van der Waals surface area (Å²) in [7, 11) is 0. The highest BCUT2D eigenvalue weighted by molar-refractivity contribution is 5.95. The molecule has 0 radical (unpaired) electrons. The van der Waals surface area contributed by atoms with Crippen molar-refractivity contribution in [3.05, 3.63) is 35.4 Å². The fourth-order valence-corrected chi connectivity index (χ4v) is 2.60. The van der Waals surface area contributed by atoms with Crippen molar-refractivity contribution in [2.75, 3.05) is 6.54 Å². The molecule has 0 bridgehead atoms. The van der Waals surface area contributed by atoms with Crippen LogP contribution in [0.2, 0.25) is 0 Å². The zero-order chi connectivity index (χ0) is 15.4. The first-order valence-electron chi connectivity index (χ1n) is 7.00. The van der Waals surface area contributed by atoms with E-state index in [9.17, 15) is 4.79 Å². The van der Waals surface area contributed by atoms with Gasteiger partial charge in [0.05, 0.1) is 18.9 Å². The summed E-state index contributed by atoms with van der Waals surface area (Å²) in [6.45, 7) is 3.05. The van der Waals surface area contributed by atoms with Crippen LogP contribution in [0.4, 0.5) is 4.79 Å². The summed E-state index contributed by atoms with van der Waals surface area (Å²) in [5.74, 6) is 0.252. The van der Waals surface area contributed by atoms with Crippen LogP contribution in [0.25, 0.3) is 0 Å². The second-order valence-corrected chi connectivity index (χ2v) is 5.32. The van der Waals surface area contributed by atoms with Crippen molar-refractivity contribution in [2.45, 2.75) is 32.4 Å². The molecule has 6 nitrogen and oxygen atoms in total. The third-order valence-electron chi connectivity index (χ3n) is 3.79. The van der Waals surface area contributed by atoms with Gasteiger partial charge >= 0.3 is 6.03 Å². The van der Waals surface area contributed by atoms with E-state index in [2.05, 4.69) is 0 Å². The maximum absolute atomic E-state index is 11.4. The molecule has 2 rings (SSSR count). The van der Waals surface area contributed by atoms with Crippen LogP contribution in [0.1, 0.15) is 25.4 Å². The molecule has 21 heavy (non-hydrogen) atoms. The highest BCUT2D eigenvalue weighted by atomic mass is 16.2. The summed E-state index contributed by atoms with van der Waals surface area (Å²) in [5, 5.41) is 15.8. The number of rotatable bonds is 4. The monoisotopic (exact) mass is 289 g/mol. The second kappa shape index (κ2) is 6.39. The van der Waals surface area contributed by atoms with Crippen molar-refractivity contribution in [2.24, 2.45) is 5.73 Å². The first-order valence-corrected chi connectivity index (χ1v) is 7.00. The molecular weight excluding hydrogens is 266 g/mol. The predicted octanol–water partition coefficient (Wildman–Crippen LogP) is 2.17. The topological polar surface area (TPSA) is 97.3 Å². The number of likely N-dealkylation sites (tertiary alicyclic amines) is 1. The largest absolute Gasteiger partial charge is 0.351 e. The Morgan fingerprint density at radius 2 is 2.19 bits per heavy atom. The van der Waals surface area contributed by atoms with E-state index in [1.807, 2.05) is 31.2 Å². The minimum absolute atomic E-state index is 0. The van der Waals surface area contributed by atoms with Crippen molar-refractivity contribution in [1.82, 2.24) is 9.80 Å². The van der Waals surface area contributed by atoms with Gasteiger partial charge in [0.1, 0.15) is 5.84 Å². The summed E-state index contributed by atoms with van der Waals surface area (Å²) in [5.41, 5.74) is 7.55. The third-order valence-corrected chi connectivity index (χ3v) is 3.79. The molecule has 0 aliphatic carbocycles. The molecule has 6 heteroatoms. The van der Waals surface area contributed by atoms with Gasteiger partial charge in [-0.3, -0.25) is 10.8 Å². The van der Waals surface area contributed by atoms with E-state index in [0.717, 1.165) is 24.7 Å². The summed E-state index contributed by atoms with van der Waals surface area (Å²) >= 11 is 0. The lowest BCUT2D eigenvalue weighted by Gasteiger charge is -2.29. The van der Waals surface area contributed by atoms with Crippen molar-refractivity contribution in [3.8, 4) is 0 Å². The normalized spacial score (nSPS) is 17.6. The average molecular weight is 289 g/mol. The van der Waals surface area contributed by atoms with E-state index >= 15 is 0 Å². The molecule has 1 heterocycles. The number of benzene rings is 1. The maximum atomic E-state index is 11.4. The van der Waals surface area contributed by atoms with E-state index in [1.165, 1.54) is 10.5 Å². The lowest BCUT2D eigenvalue weighted by molar-refractivity contribution is 0.211. The van der Waals surface area contributed by atoms with Gasteiger partial charge in [0.2, 0.25) is 0 Å². The molecule has 0 aromatic heterocycles. The van der Waals surface area contributed by atoms with Gasteiger partial charge in [-0.25, -0.2) is 4.79 Å². The number of hydrogen-bond donors (Lipinski definition) is 3. The number of carbonyl (C=O) groups is 1. The minimum atomic E-state index is -0.498. The Morgan fingerprint density at radius 1 is 1.52 bits per heavy atom. The number of nitrogens with one attached hydrogen (secondary N) is 2. The van der Waals surface area contributed by atoms with Crippen LogP contribution in [0.5, 0.6) is 0 Å². The number of aryl methyl sites for hydroxylation is 1. The Kier molecular flexibility index (Phi) is 4.57. The van der Waals surface area contributed by atoms with Gasteiger partial charge in [-0.2, -0.15) is 0 Å². The van der Waals surface area contributed by atoms with Crippen LogP contribution >= 0.6 is 0 Å². The number of nitrogens with two attached hydrogens (primary N) is 1. The number of carbonyl (C=O) groups excluding carboxylic acids is 1. The molecule has 1 aromatic carbocycles. The van der Waals surface area contributed by atoms with Crippen LogP contribution in [0.15, 0.2) is 24.3 Å². The average Bonchev–Trinajstić information content (AvgIpc) is 2.95. The van der Waals surface area contributed by atoms with E-state index in [0.29, 0.717) is 13.1 Å². The van der Waals surface area contributed by atoms with E-state index < -0.39 is 6.03 Å². The number of hydrogen-bond acceptors (Lipinski definition) is 3. The summed E-state index contributed by atoms with van der Waals surface area (Å²) in [4.78, 5) is 14.5. The van der Waals surface area contributed by atoms with Crippen molar-refractivity contribution >= 4 is 18.2 Å². The Balaban J connectivity index is 0.00000242. The molecular formula is C15H23N5O. The number of amidine groups is 1. The van der Waals surface area contributed by atoms with E-state index in [1.54, 1.807) is 4.90 Å². The van der Waals surface area contributed by atoms with Crippen LogP contribution in [-0.4, -0.2) is 40.6 Å². The molecule has 1 fully saturated rings. The molecule has 1 aliphatic heterocycles. The molecule has 1 atom stereocenters. The number of urea groups is 1. The first kappa shape index (κ1) is 15.0. The van der Waals surface area contributed by atoms with Crippen LogP contribution < -0.4 is 5.73 Å². The quantitative estimate of drug-likeness (QED) is 0.585. The molecule has 2 amide bonds. The maximum Gasteiger partial charge on any atom is 0.315 e. The van der Waals surface area contributed by atoms with Crippen molar-refractivity contribution in [3.63, 3.8) is 0 Å².